The molecule has 1 heterocycles. The summed E-state index contributed by atoms with van der Waals surface area (Å²) in [7, 11) is 1.49. The van der Waals surface area contributed by atoms with E-state index in [-0.39, 0.29) is 42.7 Å². The van der Waals surface area contributed by atoms with Gasteiger partial charge in [0.15, 0.2) is 5.69 Å². The number of para-hydroxylation sites is 2. The van der Waals surface area contributed by atoms with Crippen molar-refractivity contribution in [2.45, 2.75) is 20.4 Å². The van der Waals surface area contributed by atoms with E-state index < -0.39 is 17.2 Å². The van der Waals surface area contributed by atoms with Crippen molar-refractivity contribution in [3.05, 3.63) is 81.0 Å². The number of rotatable bonds is 9. The highest BCUT2D eigenvalue weighted by Gasteiger charge is 2.27. The molecule has 1 aromatic heterocycles. The molecular weight excluding hydrogens is 424 g/mol. The monoisotopic (exact) mass is 452 g/mol. The summed E-state index contributed by atoms with van der Waals surface area (Å²) in [5.74, 6) is 0.381. The summed E-state index contributed by atoms with van der Waals surface area (Å²) >= 11 is 0. The van der Waals surface area contributed by atoms with Crippen molar-refractivity contribution in [2.75, 3.05) is 30.9 Å². The van der Waals surface area contributed by atoms with Crippen LogP contribution in [0, 0.1) is 5.92 Å². The van der Waals surface area contributed by atoms with Crippen LogP contribution in [0.3, 0.4) is 0 Å². The zero-order valence-electron chi connectivity index (χ0n) is 18.9. The van der Waals surface area contributed by atoms with Crippen LogP contribution in [-0.4, -0.2) is 35.7 Å². The van der Waals surface area contributed by atoms with Crippen LogP contribution in [-0.2, 0) is 11.3 Å². The molecule has 0 saturated carbocycles. The zero-order valence-corrected chi connectivity index (χ0v) is 18.9. The molecule has 0 atom stereocenters. The average Bonchev–Trinajstić information content (AvgIpc) is 2.79. The maximum absolute atomic E-state index is 13.7. The number of anilines is 2. The number of nitrogen functional groups attached to an aromatic ring is 1. The van der Waals surface area contributed by atoms with E-state index in [0.717, 1.165) is 0 Å². The number of aromatic amines is 1. The highest BCUT2D eigenvalue weighted by molar-refractivity contribution is 6.09. The van der Waals surface area contributed by atoms with E-state index in [2.05, 4.69) is 4.98 Å². The minimum absolute atomic E-state index is 0.0438. The quantitative estimate of drug-likeness (QED) is 0.515. The van der Waals surface area contributed by atoms with Gasteiger partial charge in [0.1, 0.15) is 17.3 Å². The van der Waals surface area contributed by atoms with Crippen molar-refractivity contribution in [2.24, 2.45) is 5.92 Å². The Labute approximate surface area is 191 Å². The fraction of sp³-hybridized carbons (Fsp3) is 0.292. The lowest BCUT2D eigenvalue weighted by atomic mass is 10.1. The number of benzene rings is 2. The Hall–Kier alpha value is -3.85. The molecule has 0 unspecified atom stereocenters. The molecule has 0 aliphatic heterocycles. The average molecular weight is 453 g/mol. The number of nitrogens with zero attached hydrogens (tertiary/aromatic N) is 2. The number of hydrogen-bond acceptors (Lipinski definition) is 6. The molecule has 9 heteroatoms. The van der Waals surface area contributed by atoms with Crippen LogP contribution in [0.1, 0.15) is 24.2 Å². The van der Waals surface area contributed by atoms with E-state index >= 15 is 0 Å². The fourth-order valence-electron chi connectivity index (χ4n) is 3.38. The van der Waals surface area contributed by atoms with E-state index in [1.165, 1.54) is 16.6 Å². The van der Waals surface area contributed by atoms with Gasteiger partial charge >= 0.3 is 5.69 Å². The minimum Gasteiger partial charge on any atom is -0.457 e. The second kappa shape index (κ2) is 10.6. The molecule has 0 radical (unpaired) electrons. The number of nitrogens with two attached hydrogens (primary N) is 1. The number of hydrogen-bond donors (Lipinski definition) is 2. The first-order valence-electron chi connectivity index (χ1n) is 10.6. The first-order chi connectivity index (χ1) is 15.8. The second-order valence-electron chi connectivity index (χ2n) is 7.86. The van der Waals surface area contributed by atoms with Crippen LogP contribution >= 0.6 is 0 Å². The summed E-state index contributed by atoms with van der Waals surface area (Å²) in [5.41, 5.74) is 5.02. The molecule has 0 saturated heterocycles. The normalized spacial score (nSPS) is 10.9. The summed E-state index contributed by atoms with van der Waals surface area (Å²) in [4.78, 5) is 42.3. The second-order valence-corrected chi connectivity index (χ2v) is 7.86. The molecule has 174 valence electrons. The molecule has 0 fully saturated rings. The predicted octanol–water partition coefficient (Wildman–Crippen LogP) is 2.86. The Balaban J connectivity index is 2.10. The van der Waals surface area contributed by atoms with Crippen molar-refractivity contribution >= 4 is 17.4 Å². The molecule has 9 nitrogen and oxygen atoms in total. The van der Waals surface area contributed by atoms with Gasteiger partial charge in [0.25, 0.3) is 11.5 Å². The first kappa shape index (κ1) is 23.8. The number of carbonyl (C=O) groups is 1. The van der Waals surface area contributed by atoms with Crippen LogP contribution in [0.4, 0.5) is 11.5 Å². The van der Waals surface area contributed by atoms with E-state index in [9.17, 15) is 14.4 Å². The lowest BCUT2D eigenvalue weighted by molar-refractivity contribution is 0.0973. The van der Waals surface area contributed by atoms with Gasteiger partial charge in [-0.3, -0.25) is 24.0 Å². The van der Waals surface area contributed by atoms with Crippen LogP contribution in [0.15, 0.2) is 64.2 Å². The lowest BCUT2D eigenvalue weighted by Gasteiger charge is -2.25. The van der Waals surface area contributed by atoms with Gasteiger partial charge in [-0.2, -0.15) is 0 Å². The Morgan fingerprint density at radius 1 is 1.09 bits per heavy atom. The molecule has 3 N–H and O–H groups in total. The highest BCUT2D eigenvalue weighted by atomic mass is 16.5. The van der Waals surface area contributed by atoms with Crippen molar-refractivity contribution in [3.8, 4) is 11.5 Å². The summed E-state index contributed by atoms with van der Waals surface area (Å²) in [6.07, 6.45) is 0. The number of nitrogens with one attached hydrogen (secondary N) is 1. The number of H-pyrrole nitrogens is 1. The van der Waals surface area contributed by atoms with Gasteiger partial charge in [-0.1, -0.05) is 44.2 Å². The lowest BCUT2D eigenvalue weighted by Crippen LogP contribution is -2.43. The summed E-state index contributed by atoms with van der Waals surface area (Å²) in [6, 6.07) is 15.8. The SMILES string of the molecule is COCCN(C(=O)c1ccccc1Oc1ccccc1)c1c(N)n(CC(C)C)c(=O)[nH]c1=O. The minimum atomic E-state index is -0.747. The van der Waals surface area contributed by atoms with E-state index in [4.69, 9.17) is 15.2 Å². The number of aromatic nitrogens is 2. The first-order valence-corrected chi connectivity index (χ1v) is 10.6. The standard InChI is InChI=1S/C24H28N4O5/c1-16(2)15-28-21(25)20(22(29)26-24(28)31)27(13-14-32-3)23(30)18-11-7-8-12-19(18)33-17-9-5-4-6-10-17/h4-12,16H,13-15,25H2,1-3H3,(H,26,29,31). The molecule has 33 heavy (non-hydrogen) atoms. The van der Waals surface area contributed by atoms with Crippen molar-refractivity contribution in [1.82, 2.24) is 9.55 Å². The van der Waals surface area contributed by atoms with Gasteiger partial charge in [0.2, 0.25) is 0 Å². The third-order valence-electron chi connectivity index (χ3n) is 4.88. The number of methoxy groups -OCH3 is 1. The molecular formula is C24H28N4O5. The van der Waals surface area contributed by atoms with Gasteiger partial charge < -0.3 is 15.2 Å². The molecule has 0 bridgehead atoms. The Morgan fingerprint density at radius 3 is 2.42 bits per heavy atom. The molecule has 0 spiro atoms. The van der Waals surface area contributed by atoms with Crippen molar-refractivity contribution in [1.29, 1.82) is 0 Å². The van der Waals surface area contributed by atoms with Crippen LogP contribution < -0.4 is 26.6 Å². The largest absolute Gasteiger partial charge is 0.457 e. The van der Waals surface area contributed by atoms with Gasteiger partial charge in [-0.25, -0.2) is 4.79 Å². The molecule has 1 amide bonds. The highest BCUT2D eigenvalue weighted by Crippen LogP contribution is 2.28. The predicted molar refractivity (Wildman–Crippen MR) is 127 cm³/mol. The third-order valence-corrected chi connectivity index (χ3v) is 4.88. The van der Waals surface area contributed by atoms with E-state index in [1.807, 2.05) is 32.0 Å². The van der Waals surface area contributed by atoms with Crippen molar-refractivity contribution in [3.63, 3.8) is 0 Å². The summed E-state index contributed by atoms with van der Waals surface area (Å²) in [5, 5.41) is 0. The van der Waals surface area contributed by atoms with E-state index in [1.54, 1.807) is 36.4 Å². The Kier molecular flexibility index (Phi) is 7.68. The number of ether oxygens (including phenoxy) is 2. The van der Waals surface area contributed by atoms with Crippen LogP contribution in [0.5, 0.6) is 11.5 Å². The fourth-order valence-corrected chi connectivity index (χ4v) is 3.38. The third kappa shape index (κ3) is 5.50. The summed E-state index contributed by atoms with van der Waals surface area (Å²) < 4.78 is 12.3. The molecule has 3 rings (SSSR count). The van der Waals surface area contributed by atoms with Gasteiger partial charge in [0, 0.05) is 20.2 Å². The molecule has 3 aromatic rings. The van der Waals surface area contributed by atoms with Crippen molar-refractivity contribution < 1.29 is 14.3 Å². The summed E-state index contributed by atoms with van der Waals surface area (Å²) in [6.45, 7) is 4.32. The molecule has 2 aromatic carbocycles. The topological polar surface area (TPSA) is 120 Å². The van der Waals surface area contributed by atoms with E-state index in [0.29, 0.717) is 11.5 Å². The Morgan fingerprint density at radius 2 is 1.76 bits per heavy atom. The van der Waals surface area contributed by atoms with Crippen LogP contribution in [0.2, 0.25) is 0 Å². The number of carbonyl (C=O) groups excluding carboxylic acids is 1. The van der Waals surface area contributed by atoms with Gasteiger partial charge in [-0.15, -0.1) is 0 Å². The maximum atomic E-state index is 13.7. The molecule has 0 aliphatic rings. The smallest absolute Gasteiger partial charge is 0.330 e. The molecule has 0 aliphatic carbocycles. The maximum Gasteiger partial charge on any atom is 0.330 e. The van der Waals surface area contributed by atoms with Crippen LogP contribution in [0.25, 0.3) is 0 Å². The zero-order chi connectivity index (χ0) is 24.0. The Bertz CT molecular complexity index is 1220. The van der Waals surface area contributed by atoms with Gasteiger partial charge in [-0.05, 0) is 30.2 Å². The number of amides is 1. The van der Waals surface area contributed by atoms with Gasteiger partial charge in [0.05, 0.1) is 12.2 Å².